The van der Waals surface area contributed by atoms with Crippen LogP contribution in [0.15, 0.2) is 52.3 Å². The Labute approximate surface area is 186 Å². The lowest BCUT2D eigenvalue weighted by molar-refractivity contribution is -0.0514. The van der Waals surface area contributed by atoms with Gasteiger partial charge in [-0.05, 0) is 43.7 Å². The fraction of sp³-hybridized carbons (Fsp3) is 0.304. The maximum Gasteiger partial charge on any atom is 0.387 e. The molecule has 6 nitrogen and oxygen atoms in total. The van der Waals surface area contributed by atoms with Crippen molar-refractivity contribution < 1.29 is 23.0 Å². The Morgan fingerprint density at radius 1 is 1.31 bits per heavy atom. The molecule has 3 aromatic rings. The molecule has 32 heavy (non-hydrogen) atoms. The molecule has 0 saturated heterocycles. The molecule has 166 valence electrons. The zero-order chi connectivity index (χ0) is 22.5. The summed E-state index contributed by atoms with van der Waals surface area (Å²) in [6, 6.07) is 12.1. The number of hydrogen-bond acceptors (Lipinski definition) is 6. The molecule has 0 N–H and O–H groups in total. The molecular weight excluding hydrogens is 438 g/mol. The molecule has 1 aromatic heterocycles. The summed E-state index contributed by atoms with van der Waals surface area (Å²) < 4.78 is 43.6. The Morgan fingerprint density at radius 2 is 2.12 bits per heavy atom. The van der Waals surface area contributed by atoms with Crippen LogP contribution in [-0.2, 0) is 0 Å². The molecule has 0 spiro atoms. The highest BCUT2D eigenvalue weighted by Crippen LogP contribution is 2.42. The second-order valence-electron chi connectivity index (χ2n) is 7.73. The second-order valence-corrected chi connectivity index (χ2v) is 8.74. The predicted molar refractivity (Wildman–Crippen MR) is 115 cm³/mol. The first-order valence-electron chi connectivity index (χ1n) is 10.2. The molecule has 9 heteroatoms. The first-order chi connectivity index (χ1) is 15.4. The van der Waals surface area contributed by atoms with Crippen LogP contribution in [0.2, 0.25) is 0 Å². The number of fused-ring (bicyclic) bond motifs is 6. The van der Waals surface area contributed by atoms with Crippen molar-refractivity contribution in [3.63, 3.8) is 0 Å². The number of rotatable bonds is 5. The summed E-state index contributed by atoms with van der Waals surface area (Å²) in [5.41, 5.74) is 0.713. The van der Waals surface area contributed by atoms with Crippen LogP contribution < -0.4 is 29.1 Å². The molecule has 2 bridgehead atoms. The summed E-state index contributed by atoms with van der Waals surface area (Å²) in [5, 5.41) is 0. The lowest BCUT2D eigenvalue weighted by atomic mass is 9.93. The van der Waals surface area contributed by atoms with E-state index in [9.17, 15) is 13.6 Å². The van der Waals surface area contributed by atoms with E-state index in [0.29, 0.717) is 21.3 Å². The van der Waals surface area contributed by atoms with Crippen LogP contribution in [0.3, 0.4) is 0 Å². The first kappa shape index (κ1) is 20.7. The molecule has 0 fully saturated rings. The van der Waals surface area contributed by atoms with Crippen molar-refractivity contribution in [2.45, 2.75) is 38.6 Å². The number of aromatic nitrogens is 1. The molecule has 2 atom stereocenters. The van der Waals surface area contributed by atoms with E-state index < -0.39 is 12.3 Å². The van der Waals surface area contributed by atoms with Crippen molar-refractivity contribution in [2.75, 3.05) is 6.61 Å². The minimum Gasteiger partial charge on any atom is -0.490 e. The Balaban J connectivity index is 1.62. The Kier molecular flexibility index (Phi) is 5.00. The number of para-hydroxylation sites is 1. The van der Waals surface area contributed by atoms with Crippen LogP contribution in [0.4, 0.5) is 8.78 Å². The fourth-order valence-electron chi connectivity index (χ4n) is 4.16. The summed E-state index contributed by atoms with van der Waals surface area (Å²) >= 11 is 1.28. The lowest BCUT2D eigenvalue weighted by Crippen LogP contribution is -2.49. The van der Waals surface area contributed by atoms with Gasteiger partial charge in [-0.2, -0.15) is 8.78 Å². The van der Waals surface area contributed by atoms with E-state index in [1.807, 2.05) is 31.2 Å². The Morgan fingerprint density at radius 3 is 2.91 bits per heavy atom. The van der Waals surface area contributed by atoms with Gasteiger partial charge in [0.1, 0.15) is 5.75 Å². The molecule has 0 saturated carbocycles. The third-order valence-electron chi connectivity index (χ3n) is 5.44. The van der Waals surface area contributed by atoms with Gasteiger partial charge in [0.05, 0.1) is 17.2 Å². The summed E-state index contributed by atoms with van der Waals surface area (Å²) in [6.45, 7) is 1.01. The SMILES string of the molecule is CCOc1cc(/C=c2\sc3n(c2=O)[C@H]2C[C@](C)(N=3)Oc3ccccc32)ccc1OC(F)F. The minimum absolute atomic E-state index is 0.0494. The predicted octanol–water partition coefficient (Wildman–Crippen LogP) is 3.46. The van der Waals surface area contributed by atoms with Gasteiger partial charge >= 0.3 is 6.61 Å². The zero-order valence-electron chi connectivity index (χ0n) is 17.4. The monoisotopic (exact) mass is 458 g/mol. The average Bonchev–Trinajstić information content (AvgIpc) is 3.03. The van der Waals surface area contributed by atoms with Gasteiger partial charge in [-0.25, -0.2) is 4.99 Å². The normalized spacial score (nSPS) is 21.4. The van der Waals surface area contributed by atoms with Crippen molar-refractivity contribution in [1.82, 2.24) is 4.57 Å². The highest BCUT2D eigenvalue weighted by atomic mass is 32.1. The van der Waals surface area contributed by atoms with Crippen molar-refractivity contribution in [1.29, 1.82) is 0 Å². The number of hydrogen-bond donors (Lipinski definition) is 0. The maximum absolute atomic E-state index is 13.3. The average molecular weight is 458 g/mol. The third kappa shape index (κ3) is 3.56. The summed E-state index contributed by atoms with van der Waals surface area (Å²) in [7, 11) is 0. The summed E-state index contributed by atoms with van der Waals surface area (Å²) in [6.07, 6.45) is 2.28. The molecule has 0 unspecified atom stereocenters. The van der Waals surface area contributed by atoms with Crippen LogP contribution in [0, 0.1) is 0 Å². The Hall–Kier alpha value is -3.20. The molecule has 2 aliphatic rings. The van der Waals surface area contributed by atoms with Crippen molar-refractivity contribution in [3.8, 4) is 17.2 Å². The fourth-order valence-corrected chi connectivity index (χ4v) is 5.29. The van der Waals surface area contributed by atoms with Gasteiger partial charge in [0, 0.05) is 12.0 Å². The van der Waals surface area contributed by atoms with E-state index in [2.05, 4.69) is 4.74 Å². The van der Waals surface area contributed by atoms with Crippen LogP contribution in [0.1, 0.15) is 37.4 Å². The molecule has 3 heterocycles. The molecule has 2 aromatic carbocycles. The van der Waals surface area contributed by atoms with E-state index in [1.54, 1.807) is 29.7 Å². The molecule has 5 rings (SSSR count). The van der Waals surface area contributed by atoms with Crippen LogP contribution in [-0.4, -0.2) is 23.5 Å². The largest absolute Gasteiger partial charge is 0.490 e. The van der Waals surface area contributed by atoms with E-state index in [4.69, 9.17) is 14.5 Å². The van der Waals surface area contributed by atoms with Crippen molar-refractivity contribution in [3.05, 3.63) is 73.3 Å². The van der Waals surface area contributed by atoms with Gasteiger partial charge in [0.15, 0.2) is 16.3 Å². The van der Waals surface area contributed by atoms with Crippen LogP contribution in [0.5, 0.6) is 17.2 Å². The van der Waals surface area contributed by atoms with E-state index >= 15 is 0 Å². The molecule has 0 amide bonds. The molecular formula is C23H20F2N2O4S. The first-order valence-corrected chi connectivity index (χ1v) is 11.0. The molecule has 0 radical (unpaired) electrons. The standard InChI is InChI=1S/C23H20F2N2O4S/c1-3-29-18-10-13(8-9-17(18)30-21(24)25)11-19-20(28)27-15-12-23(2,26-22(27)32-19)31-16-7-5-4-6-14(15)16/h4-11,15,21H,3,12H2,1-2H3/b19-11-/t15-,23+/m0/s1. The van der Waals surface area contributed by atoms with Gasteiger partial charge < -0.3 is 14.2 Å². The van der Waals surface area contributed by atoms with Crippen LogP contribution >= 0.6 is 11.3 Å². The van der Waals surface area contributed by atoms with Crippen LogP contribution in [0.25, 0.3) is 6.08 Å². The number of alkyl halides is 2. The van der Waals surface area contributed by atoms with Gasteiger partial charge in [0.2, 0.25) is 5.72 Å². The van der Waals surface area contributed by atoms with Gasteiger partial charge in [-0.1, -0.05) is 35.6 Å². The van der Waals surface area contributed by atoms with Gasteiger partial charge in [-0.3, -0.25) is 9.36 Å². The minimum atomic E-state index is -2.95. The number of benzene rings is 2. The van der Waals surface area contributed by atoms with E-state index in [1.165, 1.54) is 17.4 Å². The zero-order valence-corrected chi connectivity index (χ0v) is 18.2. The number of thiazole rings is 1. The van der Waals surface area contributed by atoms with Gasteiger partial charge in [0.25, 0.3) is 5.56 Å². The maximum atomic E-state index is 13.3. The molecule has 0 aliphatic carbocycles. The summed E-state index contributed by atoms with van der Waals surface area (Å²) in [5.74, 6) is 0.880. The third-order valence-corrected chi connectivity index (χ3v) is 6.43. The second kappa shape index (κ2) is 7.74. The van der Waals surface area contributed by atoms with Crippen molar-refractivity contribution >= 4 is 17.4 Å². The van der Waals surface area contributed by atoms with Crippen molar-refractivity contribution in [2.24, 2.45) is 4.99 Å². The van der Waals surface area contributed by atoms with E-state index in [0.717, 1.165) is 11.3 Å². The number of nitrogens with zero attached hydrogens (tertiary/aromatic N) is 2. The number of ether oxygens (including phenoxy) is 3. The summed E-state index contributed by atoms with van der Waals surface area (Å²) in [4.78, 5) is 18.7. The lowest BCUT2D eigenvalue weighted by Gasteiger charge is -2.39. The highest BCUT2D eigenvalue weighted by Gasteiger charge is 2.42. The molecule has 2 aliphatic heterocycles. The topological polar surface area (TPSA) is 62.1 Å². The van der Waals surface area contributed by atoms with Gasteiger partial charge in [-0.15, -0.1) is 0 Å². The van der Waals surface area contributed by atoms with E-state index in [-0.39, 0.29) is 29.7 Å². The Bertz CT molecular complexity index is 1370. The number of halogens is 2. The quantitative estimate of drug-likeness (QED) is 0.588. The smallest absolute Gasteiger partial charge is 0.387 e. The highest BCUT2D eigenvalue weighted by molar-refractivity contribution is 7.07.